The molecule has 5 heteroatoms. The molecule has 0 saturated heterocycles. The largest absolute Gasteiger partial charge is 0.469 e. The predicted molar refractivity (Wildman–Crippen MR) is 126 cm³/mol. The average molecular weight is 463 g/mol. The molecular formula is C28H46O5. The first-order chi connectivity index (χ1) is 15.3. The minimum atomic E-state index is -0.422. The number of hydrogen-bond acceptors (Lipinski definition) is 5. The van der Waals surface area contributed by atoms with E-state index in [-0.39, 0.29) is 57.6 Å². The minimum Gasteiger partial charge on any atom is -0.469 e. The van der Waals surface area contributed by atoms with Gasteiger partial charge in [0.1, 0.15) is 0 Å². The summed E-state index contributed by atoms with van der Waals surface area (Å²) in [7, 11) is 3.29. The molecule has 2 N–H and O–H groups in total. The molecule has 2 spiro atoms. The second kappa shape index (κ2) is 7.20. The number of carbonyl (C=O) groups excluding carboxylic acids is 1. The van der Waals surface area contributed by atoms with E-state index in [2.05, 4.69) is 34.6 Å². The third-order valence-electron chi connectivity index (χ3n) is 12.9. The summed E-state index contributed by atoms with van der Waals surface area (Å²) in [6, 6.07) is 0. The molecule has 0 aromatic heterocycles. The molecule has 0 aromatic carbocycles. The summed E-state index contributed by atoms with van der Waals surface area (Å²) < 4.78 is 10.9. The molecule has 33 heavy (non-hydrogen) atoms. The third kappa shape index (κ3) is 2.74. The van der Waals surface area contributed by atoms with Crippen LogP contribution >= 0.6 is 0 Å². The first kappa shape index (κ1) is 24.1. The Morgan fingerprint density at radius 3 is 2.33 bits per heavy atom. The standard InChI is InChI=1S/C28H46O5/c1-16(12-21(31)33-7)26(5)14-18(30)22-23-17(29)13-19-24(2,3)20(32-6)8-9-27(19)15-28(23,27)11-10-25(22,26)4/h16-20,22-23,29-30H,8-15H2,1-7H3/t16-,17?,18?,19+,20-,22?,23?,25+,26+,27-,28+/m1/s1. The number of methoxy groups -OCH3 is 2. The molecule has 5 aliphatic carbocycles. The van der Waals surface area contributed by atoms with Gasteiger partial charge in [-0.15, -0.1) is 0 Å². The van der Waals surface area contributed by atoms with Gasteiger partial charge >= 0.3 is 5.97 Å². The summed E-state index contributed by atoms with van der Waals surface area (Å²) in [6.07, 6.45) is 7.09. The highest BCUT2D eigenvalue weighted by Gasteiger charge is 2.83. The van der Waals surface area contributed by atoms with Gasteiger partial charge in [0, 0.05) is 13.5 Å². The van der Waals surface area contributed by atoms with Gasteiger partial charge in [-0.3, -0.25) is 4.79 Å². The Balaban J connectivity index is 1.50. The maximum Gasteiger partial charge on any atom is 0.305 e. The highest BCUT2D eigenvalue weighted by Crippen LogP contribution is 2.87. The van der Waals surface area contributed by atoms with Crippen LogP contribution < -0.4 is 0 Å². The molecule has 0 aromatic rings. The highest BCUT2D eigenvalue weighted by molar-refractivity contribution is 5.69. The van der Waals surface area contributed by atoms with E-state index in [4.69, 9.17) is 9.47 Å². The van der Waals surface area contributed by atoms with Gasteiger partial charge in [0.2, 0.25) is 0 Å². The van der Waals surface area contributed by atoms with Crippen molar-refractivity contribution in [3.63, 3.8) is 0 Å². The summed E-state index contributed by atoms with van der Waals surface area (Å²) in [4.78, 5) is 12.1. The fraction of sp³-hybridized carbons (Fsp3) is 0.964. The van der Waals surface area contributed by atoms with Crippen molar-refractivity contribution >= 4 is 5.97 Å². The number of rotatable bonds is 4. The number of esters is 1. The quantitative estimate of drug-likeness (QED) is 0.598. The zero-order chi connectivity index (χ0) is 24.2. The smallest absolute Gasteiger partial charge is 0.305 e. The van der Waals surface area contributed by atoms with Crippen molar-refractivity contribution < 1.29 is 24.5 Å². The van der Waals surface area contributed by atoms with E-state index in [0.717, 1.165) is 25.7 Å². The van der Waals surface area contributed by atoms with Crippen LogP contribution in [0.5, 0.6) is 0 Å². The van der Waals surface area contributed by atoms with Crippen LogP contribution in [0.15, 0.2) is 0 Å². The van der Waals surface area contributed by atoms with E-state index in [1.807, 2.05) is 7.11 Å². The molecule has 0 bridgehead atoms. The fourth-order valence-corrected chi connectivity index (χ4v) is 10.9. The van der Waals surface area contributed by atoms with Crippen molar-refractivity contribution in [3.05, 3.63) is 0 Å². The fourth-order valence-electron chi connectivity index (χ4n) is 10.9. The number of ether oxygens (including phenoxy) is 2. The zero-order valence-electron chi connectivity index (χ0n) is 21.8. The maximum atomic E-state index is 12.1. The van der Waals surface area contributed by atoms with E-state index in [1.165, 1.54) is 20.0 Å². The summed E-state index contributed by atoms with van der Waals surface area (Å²) in [5, 5.41) is 23.4. The first-order valence-electron chi connectivity index (χ1n) is 13.3. The van der Waals surface area contributed by atoms with Crippen LogP contribution in [0.1, 0.15) is 86.0 Å². The number of aliphatic hydroxyl groups is 2. The summed E-state index contributed by atoms with van der Waals surface area (Å²) >= 11 is 0. The lowest BCUT2D eigenvalue weighted by atomic mass is 9.43. The van der Waals surface area contributed by atoms with Crippen LogP contribution in [-0.4, -0.2) is 48.7 Å². The van der Waals surface area contributed by atoms with Gasteiger partial charge in [-0.2, -0.15) is 0 Å². The van der Waals surface area contributed by atoms with E-state index >= 15 is 0 Å². The van der Waals surface area contributed by atoms with Crippen molar-refractivity contribution in [3.8, 4) is 0 Å². The first-order valence-corrected chi connectivity index (χ1v) is 13.3. The summed E-state index contributed by atoms with van der Waals surface area (Å²) in [5.74, 6) is 0.680. The van der Waals surface area contributed by atoms with Gasteiger partial charge in [0.15, 0.2) is 0 Å². The van der Waals surface area contributed by atoms with E-state index in [0.29, 0.717) is 24.2 Å². The van der Waals surface area contributed by atoms with Crippen molar-refractivity contribution in [2.24, 2.45) is 50.7 Å². The molecule has 5 nitrogen and oxygen atoms in total. The van der Waals surface area contributed by atoms with Crippen molar-refractivity contribution in [1.82, 2.24) is 0 Å². The van der Waals surface area contributed by atoms with Gasteiger partial charge in [-0.25, -0.2) is 0 Å². The van der Waals surface area contributed by atoms with E-state index < -0.39 is 6.10 Å². The van der Waals surface area contributed by atoms with Crippen LogP contribution in [0.3, 0.4) is 0 Å². The number of carbonyl (C=O) groups is 1. The topological polar surface area (TPSA) is 76.0 Å². The Labute approximate surface area is 200 Å². The average Bonchev–Trinajstić information content (AvgIpc) is 3.34. The summed E-state index contributed by atoms with van der Waals surface area (Å²) in [6.45, 7) is 11.5. The van der Waals surface area contributed by atoms with Crippen molar-refractivity contribution in [2.45, 2.75) is 104 Å². The molecule has 5 fully saturated rings. The number of hydrogen-bond donors (Lipinski definition) is 2. The zero-order valence-corrected chi connectivity index (χ0v) is 21.8. The molecule has 5 aliphatic rings. The molecule has 11 atom stereocenters. The Morgan fingerprint density at radius 1 is 1.00 bits per heavy atom. The van der Waals surface area contributed by atoms with E-state index in [1.54, 1.807) is 0 Å². The lowest BCUT2D eigenvalue weighted by Crippen LogP contribution is -2.60. The molecule has 0 aliphatic heterocycles. The van der Waals surface area contributed by atoms with Gasteiger partial charge in [0.05, 0.1) is 25.4 Å². The third-order valence-corrected chi connectivity index (χ3v) is 12.9. The summed E-state index contributed by atoms with van der Waals surface area (Å²) in [5.41, 5.74) is 0.270. The normalized spacial score (nSPS) is 54.9. The van der Waals surface area contributed by atoms with Crippen LogP contribution in [0.25, 0.3) is 0 Å². The molecule has 4 unspecified atom stereocenters. The van der Waals surface area contributed by atoms with Crippen molar-refractivity contribution in [2.75, 3.05) is 14.2 Å². The Kier molecular flexibility index (Phi) is 5.25. The van der Waals surface area contributed by atoms with E-state index in [9.17, 15) is 15.0 Å². The van der Waals surface area contributed by atoms with Crippen LogP contribution in [0, 0.1) is 50.7 Å². The van der Waals surface area contributed by atoms with Crippen molar-refractivity contribution in [1.29, 1.82) is 0 Å². The number of aliphatic hydroxyl groups excluding tert-OH is 2. The molecule has 0 heterocycles. The van der Waals surface area contributed by atoms with Gasteiger partial charge in [-0.1, -0.05) is 34.6 Å². The van der Waals surface area contributed by atoms with Gasteiger partial charge in [0.25, 0.3) is 0 Å². The molecule has 188 valence electrons. The monoisotopic (exact) mass is 462 g/mol. The molecule has 0 radical (unpaired) electrons. The maximum absolute atomic E-state index is 12.1. The lowest BCUT2D eigenvalue weighted by Gasteiger charge is -2.62. The van der Waals surface area contributed by atoms with Gasteiger partial charge in [-0.05, 0) is 95.7 Å². The van der Waals surface area contributed by atoms with Crippen LogP contribution in [-0.2, 0) is 14.3 Å². The lowest BCUT2D eigenvalue weighted by molar-refractivity contribution is -0.192. The Bertz CT molecular complexity index is 825. The highest BCUT2D eigenvalue weighted by atomic mass is 16.5. The second-order valence-electron chi connectivity index (χ2n) is 13.8. The second-order valence-corrected chi connectivity index (χ2v) is 13.8. The SMILES string of the molecule is COC(=O)C[C@@H](C)[C@]1(C)CC(O)C2C3C(O)C[C@H]4C(C)(C)[C@H](OC)CC[C@@]45C[C@@]35CC[C@@]21C. The minimum absolute atomic E-state index is 0.0566. The van der Waals surface area contributed by atoms with Gasteiger partial charge < -0.3 is 19.7 Å². The number of fused-ring (bicyclic) bond motifs is 2. The molecule has 0 amide bonds. The van der Waals surface area contributed by atoms with Crippen LogP contribution in [0.4, 0.5) is 0 Å². The Morgan fingerprint density at radius 2 is 1.70 bits per heavy atom. The molecule has 5 rings (SSSR count). The molecule has 5 saturated carbocycles. The van der Waals surface area contributed by atoms with Crippen LogP contribution in [0.2, 0.25) is 0 Å². The Hall–Kier alpha value is -0.650. The molecular weight excluding hydrogens is 416 g/mol. The predicted octanol–water partition coefficient (Wildman–Crippen LogP) is 4.58.